The number of carbonyl (C=O) groups excluding carboxylic acids is 2. The van der Waals surface area contributed by atoms with E-state index in [-0.39, 0.29) is 18.7 Å². The number of hydrogen-bond donors (Lipinski definition) is 1. The Balaban J connectivity index is 2.01. The number of hydrogen-bond acceptors (Lipinski definition) is 6. The molecule has 1 N–H and O–H groups in total. The molecule has 1 aliphatic heterocycles. The Hall–Kier alpha value is -1.90. The van der Waals surface area contributed by atoms with Crippen LogP contribution in [0.1, 0.15) is 17.9 Å². The Kier molecular flexibility index (Phi) is 3.80. The number of amides is 3. The Morgan fingerprint density at radius 3 is 2.70 bits per heavy atom. The van der Waals surface area contributed by atoms with Crippen LogP contribution in [0, 0.1) is 6.92 Å². The number of nitrogens with zero attached hydrogens (tertiary/aromatic N) is 2. The van der Waals surface area contributed by atoms with E-state index in [4.69, 9.17) is 4.52 Å². The third-order valence-electron chi connectivity index (χ3n) is 2.88. The van der Waals surface area contributed by atoms with Crippen molar-refractivity contribution in [2.75, 3.05) is 12.0 Å². The van der Waals surface area contributed by atoms with Gasteiger partial charge in [0.05, 0.1) is 18.0 Å². The summed E-state index contributed by atoms with van der Waals surface area (Å²) in [5, 5.41) is 6.14. The van der Waals surface area contributed by atoms with Crippen LogP contribution in [-0.4, -0.2) is 48.5 Å². The van der Waals surface area contributed by atoms with Gasteiger partial charge in [-0.05, 0) is 13.3 Å². The number of urea groups is 1. The molecule has 1 aromatic rings. The summed E-state index contributed by atoms with van der Waals surface area (Å²) in [6.07, 6.45) is 1.15. The highest BCUT2D eigenvalue weighted by molar-refractivity contribution is 7.90. The van der Waals surface area contributed by atoms with Crippen molar-refractivity contribution in [2.24, 2.45) is 0 Å². The van der Waals surface area contributed by atoms with Gasteiger partial charge in [-0.15, -0.1) is 0 Å². The molecule has 1 saturated heterocycles. The molecule has 2 heterocycles. The minimum Gasteiger partial charge on any atom is -0.359 e. The maximum absolute atomic E-state index is 12.0. The second-order valence-electron chi connectivity index (χ2n) is 4.78. The lowest BCUT2D eigenvalue weighted by atomic mass is 10.2. The highest BCUT2D eigenvalue weighted by Gasteiger charge is 2.38. The summed E-state index contributed by atoms with van der Waals surface area (Å²) in [6.45, 7) is 1.72. The molecule has 1 fully saturated rings. The third-order valence-corrected chi connectivity index (χ3v) is 3.85. The molecular formula is C11H15N3O5S. The number of sulfone groups is 1. The average Bonchev–Trinajstić information content (AvgIpc) is 2.85. The second kappa shape index (κ2) is 5.23. The van der Waals surface area contributed by atoms with Gasteiger partial charge in [-0.2, -0.15) is 0 Å². The fourth-order valence-electron chi connectivity index (χ4n) is 1.90. The second-order valence-corrected chi connectivity index (χ2v) is 7.04. The Labute approximate surface area is 116 Å². The summed E-state index contributed by atoms with van der Waals surface area (Å²) in [5.74, 6) is -0.207. The zero-order valence-corrected chi connectivity index (χ0v) is 11.9. The van der Waals surface area contributed by atoms with Crippen molar-refractivity contribution in [1.82, 2.24) is 15.4 Å². The molecule has 1 unspecified atom stereocenters. The van der Waals surface area contributed by atoms with E-state index in [0.717, 1.165) is 11.2 Å². The first kappa shape index (κ1) is 14.5. The summed E-state index contributed by atoms with van der Waals surface area (Å²) >= 11 is 0. The van der Waals surface area contributed by atoms with Gasteiger partial charge < -0.3 is 9.84 Å². The molecule has 1 aliphatic rings. The molecule has 1 aromatic heterocycles. The topological polar surface area (TPSA) is 110 Å². The van der Waals surface area contributed by atoms with Crippen molar-refractivity contribution in [2.45, 2.75) is 25.9 Å². The van der Waals surface area contributed by atoms with Crippen molar-refractivity contribution >= 4 is 21.8 Å². The number of rotatable bonds is 5. The van der Waals surface area contributed by atoms with Gasteiger partial charge in [-0.25, -0.2) is 13.2 Å². The van der Waals surface area contributed by atoms with Crippen LogP contribution in [0.5, 0.6) is 0 Å². The fraction of sp³-hybridized carbons (Fsp3) is 0.545. The van der Waals surface area contributed by atoms with E-state index in [1.165, 1.54) is 0 Å². The molecule has 2 rings (SSSR count). The minimum absolute atomic E-state index is 0.0130. The number of nitrogens with one attached hydrogen (secondary N) is 1. The maximum atomic E-state index is 12.0. The first-order valence-electron chi connectivity index (χ1n) is 5.98. The molecule has 0 saturated carbocycles. The van der Waals surface area contributed by atoms with E-state index in [1.807, 2.05) is 0 Å². The predicted octanol–water partition coefficient (Wildman–Crippen LogP) is -0.162. The first-order chi connectivity index (χ1) is 9.26. The zero-order chi connectivity index (χ0) is 14.9. The summed E-state index contributed by atoms with van der Waals surface area (Å²) in [5.41, 5.74) is 0.653. The molecule has 1 atom stereocenters. The standard InChI is InChI=1S/C11H15N3O5S/c1-7-5-8(19-13-7)6-14-10(15)9(12-11(14)16)3-4-20(2,17)18/h5,9H,3-4,6H2,1-2H3,(H,12,16). The van der Waals surface area contributed by atoms with Crippen LogP contribution in [0.2, 0.25) is 0 Å². The Morgan fingerprint density at radius 2 is 2.15 bits per heavy atom. The molecule has 0 aliphatic carbocycles. The van der Waals surface area contributed by atoms with Crippen molar-refractivity contribution < 1.29 is 22.5 Å². The lowest BCUT2D eigenvalue weighted by molar-refractivity contribution is -0.128. The molecule has 9 heteroatoms. The largest absolute Gasteiger partial charge is 0.359 e. The molecule has 20 heavy (non-hydrogen) atoms. The van der Waals surface area contributed by atoms with Gasteiger partial charge in [0.25, 0.3) is 5.91 Å². The molecule has 0 spiro atoms. The highest BCUT2D eigenvalue weighted by atomic mass is 32.2. The van der Waals surface area contributed by atoms with Crippen LogP contribution in [-0.2, 0) is 21.2 Å². The normalized spacial score (nSPS) is 19.5. The Morgan fingerprint density at radius 1 is 1.45 bits per heavy atom. The lowest BCUT2D eigenvalue weighted by Crippen LogP contribution is -2.32. The summed E-state index contributed by atoms with van der Waals surface area (Å²) < 4.78 is 27.1. The lowest BCUT2D eigenvalue weighted by Gasteiger charge is -2.10. The molecule has 3 amide bonds. The average molecular weight is 301 g/mol. The van der Waals surface area contributed by atoms with Gasteiger partial charge in [-0.3, -0.25) is 9.69 Å². The Bertz CT molecular complexity index is 636. The van der Waals surface area contributed by atoms with Crippen molar-refractivity contribution in [3.63, 3.8) is 0 Å². The van der Waals surface area contributed by atoms with Crippen molar-refractivity contribution in [1.29, 1.82) is 0 Å². The van der Waals surface area contributed by atoms with Crippen molar-refractivity contribution in [3.8, 4) is 0 Å². The van der Waals surface area contributed by atoms with Crippen LogP contribution in [0.3, 0.4) is 0 Å². The van der Waals surface area contributed by atoms with Gasteiger partial charge in [0, 0.05) is 12.3 Å². The van der Waals surface area contributed by atoms with Crippen LogP contribution >= 0.6 is 0 Å². The predicted molar refractivity (Wildman–Crippen MR) is 68.4 cm³/mol. The molecule has 8 nitrogen and oxygen atoms in total. The van der Waals surface area contributed by atoms with Crippen LogP contribution < -0.4 is 5.32 Å². The molecule has 110 valence electrons. The van der Waals surface area contributed by atoms with Crippen LogP contribution in [0.4, 0.5) is 4.79 Å². The van der Waals surface area contributed by atoms with Crippen LogP contribution in [0.15, 0.2) is 10.6 Å². The van der Waals surface area contributed by atoms with Gasteiger partial charge in [0.15, 0.2) is 5.76 Å². The SMILES string of the molecule is Cc1cc(CN2C(=O)NC(CCS(C)(=O)=O)C2=O)on1. The first-order valence-corrected chi connectivity index (χ1v) is 8.04. The van der Waals surface area contributed by atoms with E-state index < -0.39 is 27.8 Å². The van der Waals surface area contributed by atoms with E-state index in [1.54, 1.807) is 13.0 Å². The highest BCUT2D eigenvalue weighted by Crippen LogP contribution is 2.15. The number of imide groups is 1. The third kappa shape index (κ3) is 3.35. The zero-order valence-electron chi connectivity index (χ0n) is 11.1. The minimum atomic E-state index is -3.18. The van der Waals surface area contributed by atoms with E-state index >= 15 is 0 Å². The van der Waals surface area contributed by atoms with Gasteiger partial charge in [0.2, 0.25) is 0 Å². The fourth-order valence-corrected chi connectivity index (χ4v) is 2.56. The quantitative estimate of drug-likeness (QED) is 0.757. The van der Waals surface area contributed by atoms with Gasteiger partial charge >= 0.3 is 6.03 Å². The summed E-state index contributed by atoms with van der Waals surface area (Å²) in [7, 11) is -3.18. The summed E-state index contributed by atoms with van der Waals surface area (Å²) in [6, 6.07) is 0.272. The number of carbonyl (C=O) groups is 2. The number of aryl methyl sites for hydroxylation is 1. The smallest absolute Gasteiger partial charge is 0.325 e. The molecule has 0 radical (unpaired) electrons. The summed E-state index contributed by atoms with van der Waals surface area (Å²) in [4.78, 5) is 24.7. The maximum Gasteiger partial charge on any atom is 0.325 e. The monoisotopic (exact) mass is 301 g/mol. The molecular weight excluding hydrogens is 286 g/mol. The van der Waals surface area contributed by atoms with E-state index in [9.17, 15) is 18.0 Å². The van der Waals surface area contributed by atoms with Gasteiger partial charge in [0.1, 0.15) is 15.9 Å². The van der Waals surface area contributed by atoms with Gasteiger partial charge in [-0.1, -0.05) is 5.16 Å². The molecule has 0 bridgehead atoms. The van der Waals surface area contributed by atoms with E-state index in [2.05, 4.69) is 10.5 Å². The van der Waals surface area contributed by atoms with Crippen LogP contribution in [0.25, 0.3) is 0 Å². The van der Waals surface area contributed by atoms with E-state index in [0.29, 0.717) is 11.5 Å². The van der Waals surface area contributed by atoms with Crippen molar-refractivity contribution in [3.05, 3.63) is 17.5 Å². The number of aromatic nitrogens is 1. The molecule has 0 aromatic carbocycles.